The van der Waals surface area contributed by atoms with Gasteiger partial charge in [0.1, 0.15) is 28.9 Å². The summed E-state index contributed by atoms with van der Waals surface area (Å²) in [5.41, 5.74) is 1.35. The molecule has 2 aromatic heterocycles. The maximum atomic E-state index is 13.0. The van der Waals surface area contributed by atoms with Gasteiger partial charge in [0.2, 0.25) is 0 Å². The number of nitrogens with zero attached hydrogens (tertiary/aromatic N) is 3. The van der Waals surface area contributed by atoms with Gasteiger partial charge in [-0.2, -0.15) is 5.26 Å². The summed E-state index contributed by atoms with van der Waals surface area (Å²) < 4.78 is 8.83. The number of hydrogen-bond acceptors (Lipinski definition) is 4. The van der Waals surface area contributed by atoms with Crippen molar-refractivity contribution in [1.29, 1.82) is 5.26 Å². The highest BCUT2D eigenvalue weighted by Crippen LogP contribution is 2.30. The Balaban J connectivity index is 1.61. The number of hydrogen-bond donors (Lipinski definition) is 1. The molecule has 34 heavy (non-hydrogen) atoms. The van der Waals surface area contributed by atoms with Gasteiger partial charge in [-0.05, 0) is 49.4 Å². The van der Waals surface area contributed by atoms with Crippen molar-refractivity contribution in [3.05, 3.63) is 98.1 Å². The summed E-state index contributed by atoms with van der Waals surface area (Å²) in [6.45, 7) is 1.71. The highest BCUT2D eigenvalue weighted by molar-refractivity contribution is 6.42. The molecule has 0 aliphatic rings. The highest BCUT2D eigenvalue weighted by atomic mass is 35.5. The zero-order valence-corrected chi connectivity index (χ0v) is 19.7. The smallest absolute Gasteiger partial charge is 0.295 e. The fraction of sp³-hybridized carbons (Fsp3) is 0.0800. The van der Waals surface area contributed by atoms with Gasteiger partial charge in [-0.25, -0.2) is 4.68 Å². The molecule has 0 saturated heterocycles. The van der Waals surface area contributed by atoms with Crippen LogP contribution in [0.15, 0.2) is 75.4 Å². The lowest BCUT2D eigenvalue weighted by Gasteiger charge is -2.07. The fourth-order valence-corrected chi connectivity index (χ4v) is 3.72. The van der Waals surface area contributed by atoms with Crippen molar-refractivity contribution in [2.45, 2.75) is 6.92 Å². The van der Waals surface area contributed by atoms with Crippen LogP contribution < -0.4 is 10.9 Å². The molecule has 0 atom stereocenters. The van der Waals surface area contributed by atoms with E-state index in [-0.39, 0.29) is 11.3 Å². The Morgan fingerprint density at radius 2 is 1.82 bits per heavy atom. The summed E-state index contributed by atoms with van der Waals surface area (Å²) in [5.74, 6) is 0.0624. The van der Waals surface area contributed by atoms with E-state index in [2.05, 4.69) is 5.32 Å². The lowest BCUT2D eigenvalue weighted by Crippen LogP contribution is -2.23. The lowest BCUT2D eigenvalue weighted by molar-refractivity contribution is -0.112. The van der Waals surface area contributed by atoms with E-state index in [9.17, 15) is 14.9 Å². The summed E-state index contributed by atoms with van der Waals surface area (Å²) in [4.78, 5) is 25.8. The average molecular weight is 493 g/mol. The largest absolute Gasteiger partial charge is 0.457 e. The molecule has 2 aromatic carbocycles. The SMILES string of the molecule is Cc1c(NC(=O)C(C#N)=Cc2ccc(-c3ccc(Cl)c(Cl)c3)o2)c(=O)n(-c2ccccc2)n1C. The Morgan fingerprint density at radius 3 is 2.50 bits per heavy atom. The maximum Gasteiger partial charge on any atom is 0.295 e. The van der Waals surface area contributed by atoms with Crippen LogP contribution in [-0.2, 0) is 11.8 Å². The van der Waals surface area contributed by atoms with Gasteiger partial charge in [0, 0.05) is 18.7 Å². The Labute approximate surface area is 205 Å². The van der Waals surface area contributed by atoms with Crippen LogP contribution in [0, 0.1) is 18.3 Å². The normalized spacial score (nSPS) is 11.3. The Kier molecular flexibility index (Phi) is 6.46. The molecule has 0 bridgehead atoms. The van der Waals surface area contributed by atoms with Crippen LogP contribution in [0.4, 0.5) is 5.69 Å². The summed E-state index contributed by atoms with van der Waals surface area (Å²) in [6.07, 6.45) is 1.31. The first kappa shape index (κ1) is 23.2. The van der Waals surface area contributed by atoms with E-state index in [0.29, 0.717) is 38.5 Å². The first-order chi connectivity index (χ1) is 16.3. The monoisotopic (exact) mass is 492 g/mol. The number of halogens is 2. The van der Waals surface area contributed by atoms with Crippen molar-refractivity contribution in [1.82, 2.24) is 9.36 Å². The molecule has 1 N–H and O–H groups in total. The standard InChI is InChI=1S/C25H18Cl2N4O3/c1-15-23(25(33)31(30(15)2)18-6-4-3-5-7-18)29-24(32)17(14-28)12-19-9-11-22(34-19)16-8-10-20(26)21(27)13-16/h3-13H,1-2H3,(H,29,32). The molecule has 7 nitrogen and oxygen atoms in total. The molecule has 0 radical (unpaired) electrons. The van der Waals surface area contributed by atoms with E-state index in [1.165, 1.54) is 10.8 Å². The van der Waals surface area contributed by atoms with E-state index in [0.717, 1.165) is 0 Å². The van der Waals surface area contributed by atoms with Crippen LogP contribution in [0.1, 0.15) is 11.5 Å². The third kappa shape index (κ3) is 4.42. The fourth-order valence-electron chi connectivity index (χ4n) is 3.42. The summed E-state index contributed by atoms with van der Waals surface area (Å²) in [6, 6.07) is 19.3. The lowest BCUT2D eigenvalue weighted by atomic mass is 10.2. The second-order valence-corrected chi connectivity index (χ2v) is 8.21. The molecule has 1 amide bonds. The first-order valence-electron chi connectivity index (χ1n) is 10.1. The topological polar surface area (TPSA) is 93.0 Å². The van der Waals surface area contributed by atoms with E-state index >= 15 is 0 Å². The summed E-state index contributed by atoms with van der Waals surface area (Å²) in [5, 5.41) is 12.9. The van der Waals surface area contributed by atoms with Crippen LogP contribution in [0.3, 0.4) is 0 Å². The third-order valence-electron chi connectivity index (χ3n) is 5.28. The van der Waals surface area contributed by atoms with Gasteiger partial charge < -0.3 is 9.73 Å². The quantitative estimate of drug-likeness (QED) is 0.290. The molecule has 9 heteroatoms. The van der Waals surface area contributed by atoms with Crippen molar-refractivity contribution in [2.75, 3.05) is 5.32 Å². The van der Waals surface area contributed by atoms with Gasteiger partial charge in [0.15, 0.2) is 0 Å². The zero-order valence-electron chi connectivity index (χ0n) is 18.2. The Bertz CT molecular complexity index is 1520. The van der Waals surface area contributed by atoms with Gasteiger partial charge >= 0.3 is 0 Å². The van der Waals surface area contributed by atoms with E-state index < -0.39 is 11.5 Å². The van der Waals surface area contributed by atoms with Crippen LogP contribution in [0.5, 0.6) is 0 Å². The van der Waals surface area contributed by atoms with Crippen molar-refractivity contribution >= 4 is 40.9 Å². The number of rotatable bonds is 5. The van der Waals surface area contributed by atoms with Gasteiger partial charge in [-0.3, -0.25) is 14.3 Å². The third-order valence-corrected chi connectivity index (χ3v) is 6.01. The highest BCUT2D eigenvalue weighted by Gasteiger charge is 2.20. The number of carbonyl (C=O) groups is 1. The number of furan rings is 1. The average Bonchev–Trinajstić information content (AvgIpc) is 3.38. The molecular weight excluding hydrogens is 475 g/mol. The van der Waals surface area contributed by atoms with Gasteiger partial charge in [-0.15, -0.1) is 0 Å². The van der Waals surface area contributed by atoms with E-state index in [1.54, 1.807) is 61.1 Å². The minimum atomic E-state index is -0.721. The van der Waals surface area contributed by atoms with E-state index in [1.807, 2.05) is 24.3 Å². The van der Waals surface area contributed by atoms with Crippen molar-refractivity contribution in [3.8, 4) is 23.1 Å². The molecular formula is C25H18Cl2N4O3. The predicted octanol–water partition coefficient (Wildman–Crippen LogP) is 5.60. The van der Waals surface area contributed by atoms with E-state index in [4.69, 9.17) is 27.6 Å². The molecule has 0 fully saturated rings. The second-order valence-electron chi connectivity index (χ2n) is 7.39. The minimum Gasteiger partial charge on any atom is -0.457 e. The number of anilines is 1. The number of nitrogens with one attached hydrogen (secondary N) is 1. The number of aromatic nitrogens is 2. The van der Waals surface area contributed by atoms with Gasteiger partial charge in [0.05, 0.1) is 21.4 Å². The second kappa shape index (κ2) is 9.48. The molecule has 0 aliphatic carbocycles. The van der Waals surface area contributed by atoms with Crippen LogP contribution in [0.2, 0.25) is 10.0 Å². The van der Waals surface area contributed by atoms with Crippen molar-refractivity contribution < 1.29 is 9.21 Å². The number of nitriles is 1. The van der Waals surface area contributed by atoms with Crippen LogP contribution in [0.25, 0.3) is 23.1 Å². The Hall–Kier alpha value is -3.99. The van der Waals surface area contributed by atoms with Crippen molar-refractivity contribution in [3.63, 3.8) is 0 Å². The molecule has 0 aliphatic heterocycles. The maximum absolute atomic E-state index is 13.0. The molecule has 4 aromatic rings. The number of amides is 1. The first-order valence-corrected chi connectivity index (χ1v) is 10.9. The van der Waals surface area contributed by atoms with Crippen LogP contribution >= 0.6 is 23.2 Å². The molecule has 0 spiro atoms. The number of carbonyl (C=O) groups excluding carboxylic acids is 1. The molecule has 0 unspecified atom stereocenters. The zero-order chi connectivity index (χ0) is 24.4. The summed E-state index contributed by atoms with van der Waals surface area (Å²) in [7, 11) is 1.72. The predicted molar refractivity (Wildman–Crippen MR) is 132 cm³/mol. The van der Waals surface area contributed by atoms with Crippen LogP contribution in [-0.4, -0.2) is 15.3 Å². The molecule has 4 rings (SSSR count). The van der Waals surface area contributed by atoms with Gasteiger partial charge in [-0.1, -0.05) is 41.4 Å². The Morgan fingerprint density at radius 1 is 1.09 bits per heavy atom. The van der Waals surface area contributed by atoms with Gasteiger partial charge in [0.25, 0.3) is 11.5 Å². The summed E-state index contributed by atoms with van der Waals surface area (Å²) >= 11 is 12.0. The molecule has 170 valence electrons. The molecule has 0 saturated carbocycles. The molecule has 2 heterocycles. The minimum absolute atomic E-state index is 0.0912. The van der Waals surface area contributed by atoms with Crippen molar-refractivity contribution in [2.24, 2.45) is 7.05 Å². The number of benzene rings is 2. The number of para-hydroxylation sites is 1.